The fourth-order valence-corrected chi connectivity index (χ4v) is 11.0. The zero-order valence-electron chi connectivity index (χ0n) is 50.8. The molecule has 372 valence electrons. The van der Waals surface area contributed by atoms with E-state index in [0.29, 0.717) is 62.0 Å². The molecule has 2 aromatic carbocycles. The van der Waals surface area contributed by atoms with Crippen molar-refractivity contribution in [2.75, 3.05) is 78.1 Å². The van der Waals surface area contributed by atoms with E-state index in [1.54, 1.807) is 19.2 Å². The zero-order valence-corrected chi connectivity index (χ0v) is 38.8. The second-order valence-corrected chi connectivity index (χ2v) is 18.8. The minimum Gasteiger partial charge on any atom is -0.496 e. The molecule has 18 heteroatoms. The molecule has 2 aromatic heterocycles. The first-order valence-electron chi connectivity index (χ1n) is 29.8. The number of carbonyl (C=O) groups excluding carboxylic acids is 4. The van der Waals surface area contributed by atoms with Crippen molar-refractivity contribution in [1.82, 2.24) is 29.4 Å². The number of piperidine rings is 2. The van der Waals surface area contributed by atoms with E-state index >= 15 is 0 Å². The highest BCUT2D eigenvalue weighted by atomic mass is 16.5. The van der Waals surface area contributed by atoms with Crippen LogP contribution in [-0.2, 0) is 9.59 Å². The van der Waals surface area contributed by atoms with Gasteiger partial charge in [0.15, 0.2) is 0 Å². The quantitative estimate of drug-likeness (QED) is 0.0976. The normalized spacial score (nSPS) is 23.3. The number of nitrogens with two attached hydrogens (primary N) is 2. The highest BCUT2D eigenvalue weighted by Gasteiger charge is 2.39. The highest BCUT2D eigenvalue weighted by Crippen LogP contribution is 2.52. The molecule has 0 bridgehead atoms. The number of fused-ring (bicyclic) bond motifs is 2. The molecule has 6 N–H and O–H groups in total. The van der Waals surface area contributed by atoms with Gasteiger partial charge in [0.25, 0.3) is 11.8 Å². The predicted octanol–water partition coefficient (Wildman–Crippen LogP) is 6.65. The molecule has 2 saturated carbocycles. The summed E-state index contributed by atoms with van der Waals surface area (Å²) in [6, 6.07) is 5.67. The van der Waals surface area contributed by atoms with Gasteiger partial charge in [-0.15, -0.1) is 0 Å². The number of primary amides is 2. The number of anilines is 2. The first-order valence-corrected chi connectivity index (χ1v) is 23.8. The smallest absolute Gasteiger partial charge is 0.254 e. The number of hydrogen-bond donors (Lipinski definition) is 4. The highest BCUT2D eigenvalue weighted by molar-refractivity contribution is 6.05. The second kappa shape index (κ2) is 20.2. The van der Waals surface area contributed by atoms with E-state index in [1.807, 2.05) is 0 Å². The van der Waals surface area contributed by atoms with E-state index < -0.39 is 40.0 Å². The van der Waals surface area contributed by atoms with Gasteiger partial charge >= 0.3 is 0 Å². The lowest BCUT2D eigenvalue weighted by Gasteiger charge is -2.38. The lowest BCUT2D eigenvalue weighted by atomic mass is 9.87. The van der Waals surface area contributed by atoms with Gasteiger partial charge in [-0.3, -0.25) is 19.2 Å². The van der Waals surface area contributed by atoms with Crippen LogP contribution in [0.25, 0.3) is 22.5 Å². The summed E-state index contributed by atoms with van der Waals surface area (Å²) >= 11 is 0. The average Bonchev–Trinajstić information content (AvgIpc) is 4.33. The predicted molar refractivity (Wildman–Crippen MR) is 266 cm³/mol. The van der Waals surface area contributed by atoms with Crippen molar-refractivity contribution < 1.29 is 54.6 Å². The molecule has 0 spiro atoms. The van der Waals surface area contributed by atoms with Gasteiger partial charge in [-0.1, -0.05) is 13.2 Å². The van der Waals surface area contributed by atoms with E-state index in [4.69, 9.17) is 57.1 Å². The molecule has 4 fully saturated rings. The standard InChI is InChI=1S/2C26H33N5O4/c2*1-4-21(32)30-11-8-15(9-12-30)18-7-10-28-26-23(25(27)33)24(29-31(18)26)17-13-19(34-2)22(16-5-6-16)20(14-17)35-3/h2*4,13-16,18,28H,1,5-12H2,2-3H3,(H2,27,33)/i2*2D3,3D3. The molecule has 4 aliphatic heterocycles. The maximum atomic E-state index is 12.8. The number of aromatic nitrogens is 4. The Morgan fingerprint density at radius 1 is 0.586 bits per heavy atom. The van der Waals surface area contributed by atoms with E-state index in [9.17, 15) is 19.2 Å². The minimum absolute atomic E-state index is 0.0468. The molecule has 4 amide bonds. The van der Waals surface area contributed by atoms with Gasteiger partial charge < -0.3 is 50.8 Å². The summed E-state index contributed by atoms with van der Waals surface area (Å²) in [5.41, 5.74) is 13.5. The Morgan fingerprint density at radius 3 is 1.21 bits per heavy atom. The maximum absolute atomic E-state index is 12.8. The fourth-order valence-electron chi connectivity index (χ4n) is 11.0. The van der Waals surface area contributed by atoms with Crippen LogP contribution < -0.4 is 41.0 Å². The van der Waals surface area contributed by atoms with E-state index in [1.165, 1.54) is 36.4 Å². The maximum Gasteiger partial charge on any atom is 0.254 e. The number of carbonyl (C=O) groups is 4. The number of nitrogens with one attached hydrogen (secondary N) is 2. The van der Waals surface area contributed by atoms with Crippen molar-refractivity contribution in [2.45, 2.75) is 88.1 Å². The van der Waals surface area contributed by atoms with Crippen LogP contribution in [0.1, 0.15) is 136 Å². The third-order valence-corrected chi connectivity index (χ3v) is 14.7. The molecular weight excluding hydrogens is 893 g/mol. The molecule has 4 aromatic rings. The molecule has 0 radical (unpaired) electrons. The van der Waals surface area contributed by atoms with Crippen molar-refractivity contribution >= 4 is 35.3 Å². The lowest BCUT2D eigenvalue weighted by Crippen LogP contribution is -2.41. The molecule has 2 aliphatic carbocycles. The molecule has 18 nitrogen and oxygen atoms in total. The van der Waals surface area contributed by atoms with Gasteiger partial charge in [0.1, 0.15) is 57.1 Å². The monoisotopic (exact) mass is 971 g/mol. The van der Waals surface area contributed by atoms with Crippen LogP contribution >= 0.6 is 0 Å². The third kappa shape index (κ3) is 9.15. The number of nitrogens with zero attached hydrogens (tertiary/aromatic N) is 6. The second-order valence-electron chi connectivity index (χ2n) is 18.8. The summed E-state index contributed by atoms with van der Waals surface area (Å²) in [5, 5.41) is 16.1. The summed E-state index contributed by atoms with van der Waals surface area (Å²) in [4.78, 5) is 53.3. The van der Waals surface area contributed by atoms with Crippen molar-refractivity contribution in [2.24, 2.45) is 23.3 Å². The Labute approximate surface area is 425 Å². The zero-order chi connectivity index (χ0) is 59.4. The third-order valence-electron chi connectivity index (χ3n) is 14.7. The van der Waals surface area contributed by atoms with Gasteiger partial charge in [0.05, 0.1) is 56.7 Å². The summed E-state index contributed by atoms with van der Waals surface area (Å²) in [7, 11) is -11.2. The number of rotatable bonds is 14. The Hall–Kier alpha value is -6.98. The average molecular weight is 971 g/mol. The van der Waals surface area contributed by atoms with Crippen LogP contribution in [0.2, 0.25) is 0 Å². The number of methoxy groups -OCH3 is 4. The van der Waals surface area contributed by atoms with Crippen LogP contribution in [-0.4, -0.2) is 120 Å². The van der Waals surface area contributed by atoms with Gasteiger partial charge in [0.2, 0.25) is 11.8 Å². The van der Waals surface area contributed by atoms with Crippen LogP contribution in [0.5, 0.6) is 23.0 Å². The Bertz CT molecular complexity index is 2850. The first-order chi connectivity index (χ1) is 38.5. The molecule has 6 aliphatic rings. The minimum atomic E-state index is -2.81. The Morgan fingerprint density at radius 2 is 0.929 bits per heavy atom. The first kappa shape index (κ1) is 35.2. The van der Waals surface area contributed by atoms with Crippen molar-refractivity contribution in [1.29, 1.82) is 0 Å². The SMILES string of the molecule is [2H]C([2H])([2H])Oc1cc(-c2nn3c(c2C(N)=O)NCCC3C2CCN(C(=O)C=C)CC2)cc(OC([2H])([2H])[2H])c1C1CC1.[2H]C([2H])([2H])Oc1cc(-c2nn3c(c2C(N)=O)NCCC3C2CCN(C(=O)C=C)CC2)cc(OC([2H])([2H])[2H])c1C1CC1. The van der Waals surface area contributed by atoms with E-state index in [-0.39, 0.29) is 104 Å². The number of amides is 4. The van der Waals surface area contributed by atoms with Gasteiger partial charge in [0, 0.05) is 61.5 Å². The van der Waals surface area contributed by atoms with E-state index in [2.05, 4.69) is 23.8 Å². The Balaban J connectivity index is 0.000000198. The van der Waals surface area contributed by atoms with Gasteiger partial charge in [-0.2, -0.15) is 10.2 Å². The topological polar surface area (TPSA) is 223 Å². The van der Waals surface area contributed by atoms with Crippen LogP contribution in [0.4, 0.5) is 11.6 Å². The number of benzene rings is 2. The van der Waals surface area contributed by atoms with Crippen LogP contribution in [0.15, 0.2) is 49.6 Å². The molecule has 70 heavy (non-hydrogen) atoms. The summed E-state index contributed by atoms with van der Waals surface area (Å²) in [6.07, 6.45) is 9.95. The molecule has 2 unspecified atom stereocenters. The molecule has 6 heterocycles. The summed E-state index contributed by atoms with van der Waals surface area (Å²) in [6.45, 7) is 10.6. The molecule has 10 rings (SSSR count). The van der Waals surface area contributed by atoms with Gasteiger partial charge in [-0.05, 0) is 124 Å². The van der Waals surface area contributed by atoms with Crippen molar-refractivity contribution in [3.63, 3.8) is 0 Å². The molecule has 2 saturated heterocycles. The molecular formula is C52H66N10O8. The fraction of sp³-hybridized carbons (Fsp3) is 0.500. The number of ether oxygens (including phenoxy) is 4. The largest absolute Gasteiger partial charge is 0.496 e. The van der Waals surface area contributed by atoms with Crippen molar-refractivity contribution in [3.8, 4) is 45.5 Å². The van der Waals surface area contributed by atoms with Crippen molar-refractivity contribution in [3.05, 3.63) is 71.8 Å². The van der Waals surface area contributed by atoms with Crippen LogP contribution in [0, 0.1) is 11.8 Å². The van der Waals surface area contributed by atoms with Crippen LogP contribution in [0.3, 0.4) is 0 Å². The number of hydrogen-bond acceptors (Lipinski definition) is 12. The van der Waals surface area contributed by atoms with E-state index in [0.717, 1.165) is 64.2 Å². The van der Waals surface area contributed by atoms with Gasteiger partial charge in [-0.25, -0.2) is 9.36 Å². The summed E-state index contributed by atoms with van der Waals surface area (Å²) in [5.74, 6) is -0.881. The lowest BCUT2D eigenvalue weighted by molar-refractivity contribution is -0.128. The number of likely N-dealkylation sites (tertiary alicyclic amines) is 2. The Kier molecular flexibility index (Phi) is 10.1. The summed E-state index contributed by atoms with van der Waals surface area (Å²) < 4.78 is 117. The molecule has 2 atom stereocenters.